The highest BCUT2D eigenvalue weighted by Crippen LogP contribution is 2.35. The number of carbonyl (C=O) groups is 1. The van der Waals surface area contributed by atoms with Gasteiger partial charge < -0.3 is 15.2 Å². The normalized spacial score (nSPS) is 20.7. The molecule has 0 saturated heterocycles. The van der Waals surface area contributed by atoms with Crippen molar-refractivity contribution in [1.29, 1.82) is 0 Å². The second kappa shape index (κ2) is 11.2. The van der Waals surface area contributed by atoms with Crippen molar-refractivity contribution >= 4 is 28.4 Å². The van der Waals surface area contributed by atoms with Gasteiger partial charge in [-0.3, -0.25) is 4.79 Å². The number of ether oxygens (including phenoxy) is 2. The zero-order valence-corrected chi connectivity index (χ0v) is 17.3. The molecule has 0 fully saturated rings. The zero-order chi connectivity index (χ0) is 19.6. The number of allylic oxidation sites excluding steroid dienone is 2. The van der Waals surface area contributed by atoms with Crippen LogP contribution in [-0.2, 0) is 4.79 Å². The molecule has 27 heavy (non-hydrogen) atoms. The fraction of sp³-hybridized carbons (Fsp3) is 0.545. The van der Waals surface area contributed by atoms with E-state index in [1.165, 1.54) is 0 Å². The van der Waals surface area contributed by atoms with E-state index in [4.69, 9.17) is 27.4 Å². The molecule has 0 bridgehead atoms. The highest BCUT2D eigenvalue weighted by Gasteiger charge is 2.19. The van der Waals surface area contributed by atoms with Gasteiger partial charge in [-0.25, -0.2) is 0 Å². The molecule has 1 aliphatic rings. The van der Waals surface area contributed by atoms with Crippen molar-refractivity contribution in [2.24, 2.45) is 11.7 Å². The van der Waals surface area contributed by atoms with Crippen LogP contribution in [0.5, 0.6) is 11.5 Å². The minimum Gasteiger partial charge on any atom is -0.497 e. The number of rotatable bonds is 7. The smallest absolute Gasteiger partial charge is 0.155 e. The molecule has 0 aliphatic heterocycles. The summed E-state index contributed by atoms with van der Waals surface area (Å²) >= 11 is 5.70. The Morgan fingerprint density at radius 3 is 2.67 bits per heavy atom. The average molecular weight is 390 g/mol. The molecule has 148 valence electrons. The van der Waals surface area contributed by atoms with Gasteiger partial charge in [0, 0.05) is 18.1 Å². The first-order chi connectivity index (χ1) is 13.1. The summed E-state index contributed by atoms with van der Waals surface area (Å²) in [7, 11) is 3.28. The maximum atomic E-state index is 12.4. The monoisotopic (exact) mass is 389 g/mol. The number of ketones is 1. The zero-order valence-electron chi connectivity index (χ0n) is 16.5. The number of hydrogen-bond acceptors (Lipinski definition) is 5. The number of unbranched alkanes of at least 4 members (excludes halogenated alkanes) is 1. The summed E-state index contributed by atoms with van der Waals surface area (Å²) in [4.78, 5) is 13.5. The predicted octanol–water partition coefficient (Wildman–Crippen LogP) is 4.74. The summed E-state index contributed by atoms with van der Waals surface area (Å²) < 4.78 is 10.9. The summed E-state index contributed by atoms with van der Waals surface area (Å²) in [6.07, 6.45) is 9.01. The van der Waals surface area contributed by atoms with Crippen molar-refractivity contribution in [3.8, 4) is 11.5 Å². The van der Waals surface area contributed by atoms with Crippen LogP contribution >= 0.6 is 12.2 Å². The largest absolute Gasteiger partial charge is 0.497 e. The van der Waals surface area contributed by atoms with Gasteiger partial charge in [-0.05, 0) is 79.6 Å². The third-order valence-electron chi connectivity index (χ3n) is 5.16. The molecule has 0 saturated carbocycles. The Morgan fingerprint density at radius 1 is 1.15 bits per heavy atom. The molecule has 1 aliphatic carbocycles. The van der Waals surface area contributed by atoms with Crippen molar-refractivity contribution in [1.82, 2.24) is 0 Å². The Labute approximate surface area is 168 Å². The van der Waals surface area contributed by atoms with Gasteiger partial charge in [-0.15, -0.1) is 0 Å². The van der Waals surface area contributed by atoms with Crippen molar-refractivity contribution < 1.29 is 14.3 Å². The fourth-order valence-electron chi connectivity index (χ4n) is 3.59. The van der Waals surface area contributed by atoms with E-state index in [9.17, 15) is 4.79 Å². The lowest BCUT2D eigenvalue weighted by molar-refractivity contribution is -0.114. The Kier molecular flexibility index (Phi) is 8.95. The minimum absolute atomic E-state index is 0.159. The number of benzene rings is 1. The van der Waals surface area contributed by atoms with Gasteiger partial charge in [-0.1, -0.05) is 18.6 Å². The van der Waals surface area contributed by atoms with E-state index < -0.39 is 0 Å². The minimum atomic E-state index is 0.159. The summed E-state index contributed by atoms with van der Waals surface area (Å²) in [5.74, 6) is 2.04. The third kappa shape index (κ3) is 6.43. The highest BCUT2D eigenvalue weighted by molar-refractivity contribution is 7.80. The van der Waals surface area contributed by atoms with E-state index in [0.717, 1.165) is 79.0 Å². The molecule has 0 spiro atoms. The van der Waals surface area contributed by atoms with Gasteiger partial charge in [0.1, 0.15) is 11.5 Å². The van der Waals surface area contributed by atoms with Crippen LogP contribution in [0.15, 0.2) is 24.3 Å². The Bertz CT molecular complexity index is 684. The fourth-order valence-corrected chi connectivity index (χ4v) is 3.97. The molecule has 4 nitrogen and oxygen atoms in total. The van der Waals surface area contributed by atoms with Crippen LogP contribution in [0.4, 0.5) is 0 Å². The lowest BCUT2D eigenvalue weighted by Gasteiger charge is -2.21. The second-order valence-electron chi connectivity index (χ2n) is 7.04. The molecule has 1 atom stereocenters. The van der Waals surface area contributed by atoms with Crippen LogP contribution in [0, 0.1) is 5.92 Å². The highest BCUT2D eigenvalue weighted by atomic mass is 32.1. The quantitative estimate of drug-likeness (QED) is 0.539. The molecular weight excluding hydrogens is 358 g/mol. The van der Waals surface area contributed by atoms with Crippen molar-refractivity contribution in [3.05, 3.63) is 29.8 Å². The second-order valence-corrected chi connectivity index (χ2v) is 7.57. The average Bonchev–Trinajstić information content (AvgIpc) is 2.68. The third-order valence-corrected chi connectivity index (χ3v) is 5.70. The molecule has 0 radical (unpaired) electrons. The van der Waals surface area contributed by atoms with E-state index in [-0.39, 0.29) is 5.78 Å². The number of nitrogens with two attached hydrogens (primary N) is 1. The van der Waals surface area contributed by atoms with E-state index in [1.807, 2.05) is 18.2 Å². The van der Waals surface area contributed by atoms with Crippen LogP contribution in [0.2, 0.25) is 0 Å². The van der Waals surface area contributed by atoms with Gasteiger partial charge in [0.25, 0.3) is 0 Å². The van der Waals surface area contributed by atoms with Crippen LogP contribution in [0.25, 0.3) is 5.57 Å². The van der Waals surface area contributed by atoms with Crippen LogP contribution < -0.4 is 15.2 Å². The Balaban J connectivity index is 2.27. The Hall–Kier alpha value is -1.72. The molecule has 0 heterocycles. The van der Waals surface area contributed by atoms with Crippen LogP contribution in [0.1, 0.15) is 56.9 Å². The standard InChI is InChI=1S/C22H31NO3S/c1-25-19-11-12-20(21(15-19)26-2)17-10-9-16(6-3-4-13-23)22(27)8-5-7-18(24)14-17/h11-12,14-16H,3-10,13,23H2,1-2H3/b17-14+. The molecule has 5 heteroatoms. The van der Waals surface area contributed by atoms with Gasteiger partial charge >= 0.3 is 0 Å². The molecule has 0 amide bonds. The molecule has 2 rings (SSSR count). The molecule has 1 aromatic carbocycles. The predicted molar refractivity (Wildman–Crippen MR) is 115 cm³/mol. The van der Waals surface area contributed by atoms with E-state index in [1.54, 1.807) is 20.3 Å². The van der Waals surface area contributed by atoms with E-state index >= 15 is 0 Å². The van der Waals surface area contributed by atoms with Gasteiger partial charge in [0.15, 0.2) is 5.78 Å². The van der Waals surface area contributed by atoms with Gasteiger partial charge in [0.2, 0.25) is 0 Å². The SMILES string of the molecule is COc1ccc(/C2=C/C(=O)CCCC(=S)C(CCCCN)CC2)c(OC)c1. The maximum Gasteiger partial charge on any atom is 0.155 e. The van der Waals surface area contributed by atoms with E-state index in [0.29, 0.717) is 12.3 Å². The molecular formula is C22H31NO3S. The molecule has 0 aromatic heterocycles. The molecule has 2 N–H and O–H groups in total. The number of thiocarbonyl (C=S) groups is 1. The van der Waals surface area contributed by atoms with Gasteiger partial charge in [-0.2, -0.15) is 0 Å². The summed E-state index contributed by atoms with van der Waals surface area (Å²) in [6, 6.07) is 5.75. The van der Waals surface area contributed by atoms with Crippen LogP contribution in [-0.4, -0.2) is 31.4 Å². The lowest BCUT2D eigenvalue weighted by atomic mass is 9.86. The van der Waals surface area contributed by atoms with Crippen molar-refractivity contribution in [2.75, 3.05) is 20.8 Å². The summed E-state index contributed by atoms with van der Waals surface area (Å²) in [5.41, 5.74) is 7.62. The first-order valence-electron chi connectivity index (χ1n) is 9.77. The van der Waals surface area contributed by atoms with Crippen LogP contribution in [0.3, 0.4) is 0 Å². The lowest BCUT2D eigenvalue weighted by Crippen LogP contribution is -2.15. The van der Waals surface area contributed by atoms with Crippen molar-refractivity contribution in [3.63, 3.8) is 0 Å². The van der Waals surface area contributed by atoms with Gasteiger partial charge in [0.05, 0.1) is 14.2 Å². The van der Waals surface area contributed by atoms with E-state index in [2.05, 4.69) is 0 Å². The van der Waals surface area contributed by atoms with Crippen molar-refractivity contribution in [2.45, 2.75) is 51.4 Å². The number of carbonyl (C=O) groups excluding carboxylic acids is 1. The first kappa shape index (κ1) is 21.6. The number of methoxy groups -OCH3 is 2. The Morgan fingerprint density at radius 2 is 1.96 bits per heavy atom. The summed E-state index contributed by atoms with van der Waals surface area (Å²) in [6.45, 7) is 0.724. The number of hydrogen-bond donors (Lipinski definition) is 1. The summed E-state index contributed by atoms with van der Waals surface area (Å²) in [5, 5.41) is 0. The molecule has 1 aromatic rings. The maximum absolute atomic E-state index is 12.4. The topological polar surface area (TPSA) is 61.5 Å². The first-order valence-corrected chi connectivity index (χ1v) is 10.2. The molecule has 1 unspecified atom stereocenters.